The zero-order chi connectivity index (χ0) is 19.4. The summed E-state index contributed by atoms with van der Waals surface area (Å²) in [6.07, 6.45) is 1.25. The fourth-order valence-corrected chi connectivity index (χ4v) is 2.54. The Balaban J connectivity index is 1.75. The summed E-state index contributed by atoms with van der Waals surface area (Å²) >= 11 is 0. The molecule has 9 heteroatoms. The van der Waals surface area contributed by atoms with Gasteiger partial charge in [-0.25, -0.2) is 4.98 Å². The Labute approximate surface area is 152 Å². The van der Waals surface area contributed by atoms with Gasteiger partial charge in [-0.1, -0.05) is 12.1 Å². The van der Waals surface area contributed by atoms with Crippen LogP contribution in [-0.2, 0) is 11.3 Å². The van der Waals surface area contributed by atoms with Crippen LogP contribution in [0.4, 0.5) is 11.4 Å². The summed E-state index contributed by atoms with van der Waals surface area (Å²) in [5, 5.41) is 22.7. The minimum atomic E-state index is -0.559. The molecule has 3 rings (SSSR count). The first kappa shape index (κ1) is 17.8. The molecule has 1 N–H and O–H groups in total. The van der Waals surface area contributed by atoms with Crippen LogP contribution in [0.15, 0.2) is 53.6 Å². The van der Waals surface area contributed by atoms with E-state index in [4.69, 9.17) is 5.26 Å². The Hall–Kier alpha value is -4.06. The highest BCUT2D eigenvalue weighted by Crippen LogP contribution is 2.16. The molecule has 9 nitrogen and oxygen atoms in total. The number of anilines is 1. The van der Waals surface area contributed by atoms with Crippen molar-refractivity contribution < 1.29 is 9.72 Å². The fraction of sp³-hybridized carbons (Fsp3) is 0.111. The zero-order valence-corrected chi connectivity index (χ0v) is 14.0. The van der Waals surface area contributed by atoms with E-state index in [0.717, 1.165) is 0 Å². The molecule has 134 valence electrons. The third-order valence-corrected chi connectivity index (χ3v) is 3.92. The van der Waals surface area contributed by atoms with Gasteiger partial charge < -0.3 is 5.32 Å². The molecule has 0 radical (unpaired) electrons. The third-order valence-electron chi connectivity index (χ3n) is 3.92. The summed E-state index contributed by atoms with van der Waals surface area (Å²) in [7, 11) is 0. The number of amides is 1. The van der Waals surface area contributed by atoms with Crippen molar-refractivity contribution in [3.63, 3.8) is 0 Å². The van der Waals surface area contributed by atoms with Gasteiger partial charge in [-0.2, -0.15) is 5.26 Å². The van der Waals surface area contributed by atoms with Gasteiger partial charge in [-0.15, -0.1) is 0 Å². The van der Waals surface area contributed by atoms with Gasteiger partial charge in [0.2, 0.25) is 5.91 Å². The van der Waals surface area contributed by atoms with Gasteiger partial charge in [0, 0.05) is 25.1 Å². The number of carbonyl (C=O) groups excluding carboxylic acids is 1. The molecule has 0 aliphatic heterocycles. The maximum atomic E-state index is 12.5. The number of aryl methyl sites for hydroxylation is 1. The Kier molecular flexibility index (Phi) is 4.90. The molecule has 0 spiro atoms. The van der Waals surface area contributed by atoms with Crippen LogP contribution in [0.5, 0.6) is 0 Å². The number of nitro groups is 1. The molecule has 0 fully saturated rings. The predicted octanol–water partition coefficient (Wildman–Crippen LogP) is 2.21. The molecule has 0 atom stereocenters. The standard InChI is InChI=1S/C18H13N5O4/c19-10-12-3-1-2-4-15(12)21-17(24)7-8-22-11-20-16-9-13(23(26)27)5-6-14(16)18(22)25/h1-6,9,11H,7-8H2,(H,21,24). The van der Waals surface area contributed by atoms with Crippen LogP contribution in [0.3, 0.4) is 0 Å². The number of hydrogen-bond acceptors (Lipinski definition) is 6. The Bertz CT molecular complexity index is 1150. The monoisotopic (exact) mass is 363 g/mol. The average Bonchev–Trinajstić information content (AvgIpc) is 2.67. The molecule has 3 aromatic rings. The molecule has 0 aliphatic carbocycles. The van der Waals surface area contributed by atoms with Crippen molar-refractivity contribution >= 4 is 28.2 Å². The van der Waals surface area contributed by atoms with Crippen LogP contribution in [-0.4, -0.2) is 20.4 Å². The summed E-state index contributed by atoms with van der Waals surface area (Å²) < 4.78 is 1.27. The van der Waals surface area contributed by atoms with Crippen LogP contribution >= 0.6 is 0 Å². The lowest BCUT2D eigenvalue weighted by molar-refractivity contribution is -0.384. The maximum Gasteiger partial charge on any atom is 0.271 e. The van der Waals surface area contributed by atoms with E-state index in [1.54, 1.807) is 24.3 Å². The Morgan fingerprint density at radius 2 is 2.07 bits per heavy atom. The highest BCUT2D eigenvalue weighted by molar-refractivity contribution is 5.92. The molecule has 2 aromatic carbocycles. The largest absolute Gasteiger partial charge is 0.325 e. The van der Waals surface area contributed by atoms with Crippen LogP contribution in [0.25, 0.3) is 10.9 Å². The summed E-state index contributed by atoms with van der Waals surface area (Å²) in [6, 6.07) is 12.4. The second kappa shape index (κ2) is 7.45. The van der Waals surface area contributed by atoms with E-state index in [0.29, 0.717) is 11.3 Å². The predicted molar refractivity (Wildman–Crippen MR) is 97.1 cm³/mol. The van der Waals surface area contributed by atoms with Gasteiger partial charge in [-0.05, 0) is 18.2 Å². The number of nitrogens with one attached hydrogen (secondary N) is 1. The van der Waals surface area contributed by atoms with Crippen LogP contribution in [0, 0.1) is 21.4 Å². The van der Waals surface area contributed by atoms with Gasteiger partial charge in [0.15, 0.2) is 0 Å². The van der Waals surface area contributed by atoms with E-state index in [-0.39, 0.29) is 41.0 Å². The zero-order valence-electron chi connectivity index (χ0n) is 14.0. The van der Waals surface area contributed by atoms with Crippen molar-refractivity contribution in [2.24, 2.45) is 0 Å². The van der Waals surface area contributed by atoms with Crippen molar-refractivity contribution in [2.45, 2.75) is 13.0 Å². The summed E-state index contributed by atoms with van der Waals surface area (Å²) in [6.45, 7) is 0.0827. The number of nitro benzene ring substituents is 1. The van der Waals surface area contributed by atoms with E-state index in [1.165, 1.54) is 29.1 Å². The number of nitrogens with zero attached hydrogens (tertiary/aromatic N) is 4. The average molecular weight is 363 g/mol. The van der Waals surface area contributed by atoms with Crippen molar-refractivity contribution in [1.29, 1.82) is 5.26 Å². The first-order chi connectivity index (χ1) is 13.0. The first-order valence-electron chi connectivity index (χ1n) is 7.92. The molecular weight excluding hydrogens is 350 g/mol. The van der Waals surface area contributed by atoms with Gasteiger partial charge >= 0.3 is 0 Å². The van der Waals surface area contributed by atoms with Crippen molar-refractivity contribution in [1.82, 2.24) is 9.55 Å². The number of para-hydroxylation sites is 1. The second-order valence-electron chi connectivity index (χ2n) is 5.66. The molecule has 0 bridgehead atoms. The minimum absolute atomic E-state index is 0.000161. The highest BCUT2D eigenvalue weighted by Gasteiger charge is 2.12. The van der Waals surface area contributed by atoms with Crippen molar-refractivity contribution in [2.75, 3.05) is 5.32 Å². The summed E-state index contributed by atoms with van der Waals surface area (Å²) in [5.41, 5.74) is 0.430. The molecule has 0 aliphatic rings. The molecular formula is C18H13N5O4. The Morgan fingerprint density at radius 1 is 1.30 bits per heavy atom. The molecule has 1 heterocycles. The molecule has 0 saturated carbocycles. The number of benzene rings is 2. The molecule has 1 aromatic heterocycles. The number of hydrogen-bond donors (Lipinski definition) is 1. The summed E-state index contributed by atoms with van der Waals surface area (Å²) in [5.74, 6) is -0.353. The smallest absolute Gasteiger partial charge is 0.271 e. The molecule has 0 unspecified atom stereocenters. The van der Waals surface area contributed by atoms with Crippen LogP contribution < -0.4 is 10.9 Å². The van der Waals surface area contributed by atoms with E-state index < -0.39 is 4.92 Å². The first-order valence-corrected chi connectivity index (χ1v) is 7.92. The number of nitriles is 1. The van der Waals surface area contributed by atoms with Crippen LogP contribution in [0.1, 0.15) is 12.0 Å². The quantitative estimate of drug-likeness (QED) is 0.546. The van der Waals surface area contributed by atoms with Gasteiger partial charge in [0.25, 0.3) is 11.2 Å². The normalized spacial score (nSPS) is 10.3. The van der Waals surface area contributed by atoms with Crippen molar-refractivity contribution in [3.05, 3.63) is 74.8 Å². The van der Waals surface area contributed by atoms with E-state index in [9.17, 15) is 19.7 Å². The topological polar surface area (TPSA) is 131 Å². The number of non-ortho nitro benzene ring substituents is 1. The minimum Gasteiger partial charge on any atom is -0.325 e. The highest BCUT2D eigenvalue weighted by atomic mass is 16.6. The lowest BCUT2D eigenvalue weighted by Crippen LogP contribution is -2.23. The number of fused-ring (bicyclic) bond motifs is 1. The lowest BCUT2D eigenvalue weighted by Gasteiger charge is -2.08. The third kappa shape index (κ3) is 3.80. The van der Waals surface area contributed by atoms with Crippen molar-refractivity contribution in [3.8, 4) is 6.07 Å². The van der Waals surface area contributed by atoms with Crippen LogP contribution in [0.2, 0.25) is 0 Å². The van der Waals surface area contributed by atoms with E-state index in [2.05, 4.69) is 10.3 Å². The van der Waals surface area contributed by atoms with E-state index >= 15 is 0 Å². The molecule has 1 amide bonds. The Morgan fingerprint density at radius 3 is 2.81 bits per heavy atom. The number of carbonyl (C=O) groups is 1. The number of aromatic nitrogens is 2. The SMILES string of the molecule is N#Cc1ccccc1NC(=O)CCn1cnc2cc([N+](=O)[O-])ccc2c1=O. The fourth-order valence-electron chi connectivity index (χ4n) is 2.54. The lowest BCUT2D eigenvalue weighted by atomic mass is 10.2. The van der Waals surface area contributed by atoms with Gasteiger partial charge in [-0.3, -0.25) is 24.3 Å². The van der Waals surface area contributed by atoms with Gasteiger partial charge in [0.1, 0.15) is 6.07 Å². The number of rotatable bonds is 5. The van der Waals surface area contributed by atoms with Gasteiger partial charge in [0.05, 0.1) is 33.4 Å². The molecule has 0 saturated heterocycles. The second-order valence-corrected chi connectivity index (χ2v) is 5.66. The molecule has 27 heavy (non-hydrogen) atoms. The maximum absolute atomic E-state index is 12.5. The van der Waals surface area contributed by atoms with E-state index in [1.807, 2.05) is 6.07 Å². The summed E-state index contributed by atoms with van der Waals surface area (Å²) in [4.78, 5) is 38.9.